The Morgan fingerprint density at radius 3 is 2.34 bits per heavy atom. The number of thiophene rings is 1. The van der Waals surface area contributed by atoms with Gasteiger partial charge in [-0.2, -0.15) is 0 Å². The topological polar surface area (TPSA) is 90.1 Å². The molecule has 3 fully saturated rings. The number of aliphatic imine (C=N–C) groups is 1. The van der Waals surface area contributed by atoms with Gasteiger partial charge in [-0.25, -0.2) is 9.18 Å². The molecule has 2 aromatic heterocycles. The van der Waals surface area contributed by atoms with E-state index in [1.54, 1.807) is 29.5 Å². The smallest absolute Gasteiger partial charge is 0.335 e. The van der Waals surface area contributed by atoms with Crippen molar-refractivity contribution in [1.29, 1.82) is 0 Å². The lowest BCUT2D eigenvalue weighted by atomic mass is 9.57. The number of carboxylic acid groups (broad SMARTS) is 1. The van der Waals surface area contributed by atoms with E-state index in [1.165, 1.54) is 34.5 Å². The second-order valence-corrected chi connectivity index (χ2v) is 20.7. The molecule has 5 heterocycles. The molecule has 2 aliphatic carbocycles. The van der Waals surface area contributed by atoms with Crippen molar-refractivity contribution >= 4 is 57.1 Å². The van der Waals surface area contributed by atoms with Gasteiger partial charge in [0.15, 0.2) is 5.82 Å². The first-order chi connectivity index (χ1) is 31.4. The maximum absolute atomic E-state index is 16.6. The molecule has 0 amide bonds. The number of aromatic carboxylic acids is 1. The molecule has 6 aromatic rings. The third kappa shape index (κ3) is 7.40. The molecular formula is C53H53ClFN7O2S. The van der Waals surface area contributed by atoms with Gasteiger partial charge in [-0.1, -0.05) is 48.0 Å². The van der Waals surface area contributed by atoms with Crippen molar-refractivity contribution in [2.24, 2.45) is 16.3 Å². The monoisotopic (exact) mass is 905 g/mol. The van der Waals surface area contributed by atoms with E-state index in [-0.39, 0.29) is 17.4 Å². The van der Waals surface area contributed by atoms with Crippen molar-refractivity contribution in [2.75, 3.05) is 55.6 Å². The van der Waals surface area contributed by atoms with Gasteiger partial charge >= 0.3 is 5.97 Å². The third-order valence-corrected chi connectivity index (χ3v) is 16.3. The molecule has 9 nitrogen and oxygen atoms in total. The molecular weight excluding hydrogens is 853 g/mol. The van der Waals surface area contributed by atoms with E-state index in [0.29, 0.717) is 34.8 Å². The molecule has 0 bridgehead atoms. The summed E-state index contributed by atoms with van der Waals surface area (Å²) in [5.41, 5.74) is 12.5. The van der Waals surface area contributed by atoms with Gasteiger partial charge in [-0.3, -0.25) is 14.5 Å². The summed E-state index contributed by atoms with van der Waals surface area (Å²) < 4.78 is 18.8. The molecule has 12 heteroatoms. The Bertz CT molecular complexity index is 2930. The molecule has 5 aliphatic rings. The predicted octanol–water partition coefficient (Wildman–Crippen LogP) is 11.0. The fraction of sp³-hybridized carbons (Fsp3) is 0.358. The molecule has 0 unspecified atom stereocenters. The quantitative estimate of drug-likeness (QED) is 0.163. The van der Waals surface area contributed by atoms with E-state index in [0.717, 1.165) is 114 Å². The van der Waals surface area contributed by atoms with Gasteiger partial charge in [-0.05, 0) is 148 Å². The summed E-state index contributed by atoms with van der Waals surface area (Å²) in [6, 6.07) is 27.6. The minimum atomic E-state index is -0.965. The van der Waals surface area contributed by atoms with Crippen molar-refractivity contribution < 1.29 is 14.3 Å². The van der Waals surface area contributed by atoms with Crippen LogP contribution in [0.15, 0.2) is 89.9 Å². The third-order valence-electron chi connectivity index (χ3n) is 14.8. The highest BCUT2D eigenvalue weighted by Gasteiger charge is 2.52. The fourth-order valence-corrected chi connectivity index (χ4v) is 12.9. The maximum atomic E-state index is 16.6. The highest BCUT2D eigenvalue weighted by atomic mass is 35.5. The lowest BCUT2D eigenvalue weighted by Crippen LogP contribution is -2.64. The van der Waals surface area contributed by atoms with Gasteiger partial charge in [0, 0.05) is 89.2 Å². The van der Waals surface area contributed by atoms with Crippen LogP contribution in [0, 0.1) is 37.9 Å². The first-order valence-corrected chi connectivity index (χ1v) is 24.2. The highest BCUT2D eigenvalue weighted by Crippen LogP contribution is 2.53. The van der Waals surface area contributed by atoms with Crippen molar-refractivity contribution in [3.63, 3.8) is 0 Å². The number of fused-ring (bicyclic) bond motifs is 4. The standard InChI is InChI=1S/C53H53ClFN7O2S/c1-31-33(3)65-51-47(31)49(56-32(2)50-58-57-34(4)62(50)51)36-12-15-39(16-13-36)61-29-53(30-61)26-35(27-53)28-59-20-22-60(23-21-59)40-17-19-44(46(55)25-40)48-41-18-14-38(52(63)64)24-37(41)8-7-10-43(48)42-9-5-6-11-45(42)54/h5-6,9,11-19,24-25,32,35H,7-8,10,20-23,26-30H2,1-4H3,(H,63,64)/t32-/m0/s1. The van der Waals surface area contributed by atoms with Crippen molar-refractivity contribution in [3.8, 4) is 5.00 Å². The zero-order valence-electron chi connectivity index (χ0n) is 37.4. The normalized spacial score (nSPS) is 19.5. The second kappa shape index (κ2) is 16.4. The number of nitrogens with zero attached hydrogens (tertiary/aromatic N) is 7. The average molecular weight is 907 g/mol. The van der Waals surface area contributed by atoms with Crippen molar-refractivity contribution in [1.82, 2.24) is 19.7 Å². The molecule has 3 aliphatic heterocycles. The molecule has 0 radical (unpaired) electrons. The zero-order chi connectivity index (χ0) is 44.7. The molecule has 4 aromatic carbocycles. The minimum Gasteiger partial charge on any atom is -0.478 e. The van der Waals surface area contributed by atoms with Crippen LogP contribution in [0.2, 0.25) is 5.02 Å². The van der Waals surface area contributed by atoms with E-state index in [2.05, 4.69) is 80.6 Å². The summed E-state index contributed by atoms with van der Waals surface area (Å²) in [5.74, 6) is 1.26. The summed E-state index contributed by atoms with van der Waals surface area (Å²) >= 11 is 8.56. The number of anilines is 2. The fourth-order valence-electron chi connectivity index (χ4n) is 11.5. The van der Waals surface area contributed by atoms with E-state index < -0.39 is 5.97 Å². The Morgan fingerprint density at radius 1 is 0.862 bits per heavy atom. The van der Waals surface area contributed by atoms with E-state index in [1.807, 2.05) is 43.3 Å². The Balaban J connectivity index is 0.715. The molecule has 1 N–H and O–H groups in total. The lowest BCUT2D eigenvalue weighted by molar-refractivity contribution is 0.00322. The summed E-state index contributed by atoms with van der Waals surface area (Å²) in [6.07, 6.45) is 4.76. The van der Waals surface area contributed by atoms with Crippen LogP contribution >= 0.6 is 22.9 Å². The van der Waals surface area contributed by atoms with Crippen LogP contribution in [0.5, 0.6) is 0 Å². The number of benzene rings is 4. The number of rotatable bonds is 8. The number of hydrogen-bond acceptors (Lipinski definition) is 8. The largest absolute Gasteiger partial charge is 0.478 e. The van der Waals surface area contributed by atoms with Crippen LogP contribution < -0.4 is 9.80 Å². The Kier molecular flexibility index (Phi) is 10.6. The Morgan fingerprint density at radius 2 is 1.60 bits per heavy atom. The van der Waals surface area contributed by atoms with Gasteiger partial charge < -0.3 is 14.9 Å². The zero-order valence-corrected chi connectivity index (χ0v) is 38.9. The maximum Gasteiger partial charge on any atom is 0.335 e. The summed E-state index contributed by atoms with van der Waals surface area (Å²) in [6.45, 7) is 15.5. The number of allylic oxidation sites excluding steroid dienone is 1. The molecule has 332 valence electrons. The molecule has 65 heavy (non-hydrogen) atoms. The Hall–Kier alpha value is -5.62. The highest BCUT2D eigenvalue weighted by molar-refractivity contribution is 7.15. The van der Waals surface area contributed by atoms with Crippen LogP contribution in [0.4, 0.5) is 15.8 Å². The van der Waals surface area contributed by atoms with E-state index in [4.69, 9.17) is 16.6 Å². The first-order valence-electron chi connectivity index (χ1n) is 23.0. The molecule has 2 saturated heterocycles. The van der Waals surface area contributed by atoms with Gasteiger partial charge in [0.25, 0.3) is 0 Å². The molecule has 11 rings (SSSR count). The van der Waals surface area contributed by atoms with Crippen LogP contribution in [0.3, 0.4) is 0 Å². The van der Waals surface area contributed by atoms with Crippen LogP contribution in [0.25, 0.3) is 16.1 Å². The number of piperazine rings is 1. The first kappa shape index (κ1) is 42.0. The lowest BCUT2D eigenvalue weighted by Gasteiger charge is -2.60. The van der Waals surface area contributed by atoms with Gasteiger partial charge in [0.1, 0.15) is 22.7 Å². The molecule has 1 saturated carbocycles. The average Bonchev–Trinajstić information content (AvgIpc) is 3.68. The second-order valence-electron chi connectivity index (χ2n) is 19.1. The van der Waals surface area contributed by atoms with Crippen molar-refractivity contribution in [2.45, 2.75) is 65.8 Å². The van der Waals surface area contributed by atoms with Crippen LogP contribution in [0.1, 0.15) is 104 Å². The number of hydrogen-bond donors (Lipinski definition) is 1. The minimum absolute atomic E-state index is 0.0947. The van der Waals surface area contributed by atoms with Crippen LogP contribution in [-0.4, -0.2) is 82.3 Å². The number of aryl methyl sites for hydroxylation is 3. The SMILES string of the molecule is Cc1sc2c(c1C)C(c1ccc(N3CC4(CC(CN5CCN(c6ccc(C7=C(c8ccccc8Cl)CCCc8cc(C(=O)O)ccc87)c(F)c6)CC5)C4)C3)cc1)=N[C@@H](C)c1nnc(C)n1-2. The summed E-state index contributed by atoms with van der Waals surface area (Å²) in [4.78, 5) is 25.9. The van der Waals surface area contributed by atoms with E-state index in [9.17, 15) is 9.90 Å². The number of aromatic nitrogens is 3. The molecule has 1 atom stereocenters. The summed E-state index contributed by atoms with van der Waals surface area (Å²) in [7, 11) is 0. The number of carbonyl (C=O) groups is 1. The van der Waals surface area contributed by atoms with E-state index >= 15 is 4.39 Å². The molecule has 1 spiro atoms. The Labute approximate surface area is 388 Å². The van der Waals surface area contributed by atoms with Gasteiger partial charge in [-0.15, -0.1) is 21.5 Å². The van der Waals surface area contributed by atoms with Gasteiger partial charge in [0.05, 0.1) is 11.3 Å². The van der Waals surface area contributed by atoms with Crippen LogP contribution in [-0.2, 0) is 6.42 Å². The van der Waals surface area contributed by atoms with Crippen molar-refractivity contribution in [3.05, 3.63) is 157 Å². The number of halogens is 2. The van der Waals surface area contributed by atoms with Gasteiger partial charge in [0.2, 0.25) is 0 Å². The summed E-state index contributed by atoms with van der Waals surface area (Å²) in [5, 5.41) is 20.4. The number of carboxylic acids is 1. The predicted molar refractivity (Wildman–Crippen MR) is 260 cm³/mol.